The molecule has 0 saturated heterocycles. The van der Waals surface area contributed by atoms with E-state index in [1.165, 1.54) is 18.4 Å². The van der Waals surface area contributed by atoms with Gasteiger partial charge in [-0.1, -0.05) is 43.6 Å². The first kappa shape index (κ1) is 15.8. The van der Waals surface area contributed by atoms with Crippen LogP contribution >= 0.6 is 11.6 Å². The lowest BCUT2D eigenvalue weighted by Gasteiger charge is -2.39. The summed E-state index contributed by atoms with van der Waals surface area (Å²) in [5.41, 5.74) is 1.64. The van der Waals surface area contributed by atoms with Gasteiger partial charge < -0.3 is 10.2 Å². The van der Waals surface area contributed by atoms with Gasteiger partial charge in [0.05, 0.1) is 0 Å². The summed E-state index contributed by atoms with van der Waals surface area (Å²) in [5.74, 6) is 0.637. The van der Waals surface area contributed by atoms with Gasteiger partial charge in [0.1, 0.15) is 0 Å². The van der Waals surface area contributed by atoms with E-state index in [4.69, 9.17) is 11.6 Å². The fourth-order valence-corrected chi connectivity index (χ4v) is 3.47. The van der Waals surface area contributed by atoms with Gasteiger partial charge in [-0.25, -0.2) is 0 Å². The van der Waals surface area contributed by atoms with Crippen LogP contribution in [-0.2, 0) is 0 Å². The van der Waals surface area contributed by atoms with Crippen molar-refractivity contribution in [1.82, 2.24) is 10.2 Å². The van der Waals surface area contributed by atoms with Gasteiger partial charge in [0.25, 0.3) is 0 Å². The van der Waals surface area contributed by atoms with Crippen LogP contribution in [0, 0.1) is 5.41 Å². The fraction of sp³-hybridized carbons (Fsp3) is 0.647. The molecule has 0 radical (unpaired) electrons. The first-order valence-corrected chi connectivity index (χ1v) is 7.88. The van der Waals surface area contributed by atoms with E-state index in [2.05, 4.69) is 50.3 Å². The van der Waals surface area contributed by atoms with E-state index >= 15 is 0 Å². The third-order valence-corrected chi connectivity index (χ3v) is 4.44. The SMILES string of the molecule is CN(C)CC(C)(C)CNC1CC(c2ccccc2Cl)C1. The van der Waals surface area contributed by atoms with Crippen molar-refractivity contribution in [2.45, 2.75) is 38.6 Å². The number of hydrogen-bond acceptors (Lipinski definition) is 2. The Balaban J connectivity index is 1.76. The number of nitrogens with one attached hydrogen (secondary N) is 1. The fourth-order valence-electron chi connectivity index (χ4n) is 3.18. The van der Waals surface area contributed by atoms with Gasteiger partial charge in [-0.2, -0.15) is 0 Å². The zero-order chi connectivity index (χ0) is 14.8. The Kier molecular flexibility index (Phi) is 5.11. The normalized spacial score (nSPS) is 22.9. The third kappa shape index (κ3) is 4.21. The zero-order valence-electron chi connectivity index (χ0n) is 13.1. The Bertz CT molecular complexity index is 436. The van der Waals surface area contributed by atoms with Crippen LogP contribution in [0.4, 0.5) is 0 Å². The first-order chi connectivity index (χ1) is 9.37. The van der Waals surface area contributed by atoms with Gasteiger partial charge in [0.2, 0.25) is 0 Å². The van der Waals surface area contributed by atoms with Crippen molar-refractivity contribution in [3.8, 4) is 0 Å². The largest absolute Gasteiger partial charge is 0.313 e. The highest BCUT2D eigenvalue weighted by Crippen LogP contribution is 2.40. The lowest BCUT2D eigenvalue weighted by molar-refractivity contribution is 0.200. The second-order valence-electron chi connectivity index (χ2n) is 7.17. The molecule has 1 aromatic carbocycles. The van der Waals surface area contributed by atoms with Crippen molar-refractivity contribution in [3.63, 3.8) is 0 Å². The van der Waals surface area contributed by atoms with Crippen LogP contribution in [-0.4, -0.2) is 38.1 Å². The van der Waals surface area contributed by atoms with Crippen molar-refractivity contribution >= 4 is 11.6 Å². The van der Waals surface area contributed by atoms with Crippen molar-refractivity contribution in [2.24, 2.45) is 5.41 Å². The molecule has 1 aliphatic rings. The van der Waals surface area contributed by atoms with Crippen LogP contribution < -0.4 is 5.32 Å². The smallest absolute Gasteiger partial charge is 0.0440 e. The van der Waals surface area contributed by atoms with E-state index < -0.39 is 0 Å². The third-order valence-electron chi connectivity index (χ3n) is 4.10. The van der Waals surface area contributed by atoms with Crippen LogP contribution in [0.25, 0.3) is 0 Å². The number of benzene rings is 1. The molecule has 20 heavy (non-hydrogen) atoms. The zero-order valence-corrected chi connectivity index (χ0v) is 13.9. The molecule has 0 aliphatic heterocycles. The molecule has 0 aromatic heterocycles. The standard InChI is InChI=1S/C17H27ClN2/c1-17(2,12-20(3)4)11-19-14-9-13(10-14)15-7-5-6-8-16(15)18/h5-8,13-14,19H,9-12H2,1-4H3. The molecule has 112 valence electrons. The van der Waals surface area contributed by atoms with Crippen LogP contribution in [0.1, 0.15) is 38.2 Å². The van der Waals surface area contributed by atoms with Gasteiger partial charge in [-0.15, -0.1) is 0 Å². The highest BCUT2D eigenvalue weighted by molar-refractivity contribution is 6.31. The summed E-state index contributed by atoms with van der Waals surface area (Å²) in [5, 5.41) is 4.63. The second-order valence-corrected chi connectivity index (χ2v) is 7.58. The van der Waals surface area contributed by atoms with Crippen LogP contribution in [0.3, 0.4) is 0 Å². The Labute approximate surface area is 128 Å². The first-order valence-electron chi connectivity index (χ1n) is 7.50. The number of hydrogen-bond donors (Lipinski definition) is 1. The molecule has 0 amide bonds. The molecule has 1 fully saturated rings. The Morgan fingerprint density at radius 1 is 1.25 bits per heavy atom. The summed E-state index contributed by atoms with van der Waals surface area (Å²) in [6, 6.07) is 8.90. The molecule has 1 saturated carbocycles. The monoisotopic (exact) mass is 294 g/mol. The van der Waals surface area contributed by atoms with E-state index in [1.807, 2.05) is 12.1 Å². The van der Waals surface area contributed by atoms with E-state index in [-0.39, 0.29) is 0 Å². The Morgan fingerprint density at radius 3 is 2.50 bits per heavy atom. The summed E-state index contributed by atoms with van der Waals surface area (Å²) in [6.07, 6.45) is 2.42. The summed E-state index contributed by atoms with van der Waals surface area (Å²) in [7, 11) is 4.27. The van der Waals surface area contributed by atoms with Crippen molar-refractivity contribution in [2.75, 3.05) is 27.2 Å². The minimum absolute atomic E-state index is 0.318. The maximum atomic E-state index is 6.26. The Hall–Kier alpha value is -0.570. The van der Waals surface area contributed by atoms with E-state index in [1.54, 1.807) is 0 Å². The van der Waals surface area contributed by atoms with Gasteiger partial charge in [-0.3, -0.25) is 0 Å². The minimum atomic E-state index is 0.318. The maximum Gasteiger partial charge on any atom is 0.0440 e. The number of rotatable bonds is 6. The summed E-state index contributed by atoms with van der Waals surface area (Å²) in [6.45, 7) is 6.83. The second kappa shape index (κ2) is 6.46. The quantitative estimate of drug-likeness (QED) is 0.859. The van der Waals surface area contributed by atoms with E-state index in [0.717, 1.165) is 18.1 Å². The molecule has 0 bridgehead atoms. The van der Waals surface area contributed by atoms with Crippen LogP contribution in [0.15, 0.2) is 24.3 Å². The van der Waals surface area contributed by atoms with Gasteiger partial charge in [-0.05, 0) is 49.9 Å². The lowest BCUT2D eigenvalue weighted by Crippen LogP contribution is -2.46. The average Bonchev–Trinajstić information content (AvgIpc) is 2.27. The van der Waals surface area contributed by atoms with Gasteiger partial charge >= 0.3 is 0 Å². The summed E-state index contributed by atoms with van der Waals surface area (Å²) in [4.78, 5) is 2.26. The predicted molar refractivity (Wildman–Crippen MR) is 87.6 cm³/mol. The van der Waals surface area contributed by atoms with Crippen molar-refractivity contribution < 1.29 is 0 Å². The van der Waals surface area contributed by atoms with Gasteiger partial charge in [0.15, 0.2) is 0 Å². The predicted octanol–water partition coefficient (Wildman–Crippen LogP) is 3.76. The van der Waals surface area contributed by atoms with Crippen LogP contribution in [0.2, 0.25) is 5.02 Å². The van der Waals surface area contributed by atoms with E-state index in [0.29, 0.717) is 17.4 Å². The molecule has 0 heterocycles. The summed E-state index contributed by atoms with van der Waals surface area (Å²) >= 11 is 6.26. The lowest BCUT2D eigenvalue weighted by atomic mass is 9.75. The molecule has 0 spiro atoms. The minimum Gasteiger partial charge on any atom is -0.313 e. The highest BCUT2D eigenvalue weighted by atomic mass is 35.5. The Morgan fingerprint density at radius 2 is 1.90 bits per heavy atom. The number of halogens is 1. The average molecular weight is 295 g/mol. The molecule has 1 N–H and O–H groups in total. The molecule has 1 aromatic rings. The van der Waals surface area contributed by atoms with Crippen LogP contribution in [0.5, 0.6) is 0 Å². The number of nitrogens with zero attached hydrogens (tertiary/aromatic N) is 1. The van der Waals surface area contributed by atoms with Gasteiger partial charge in [0, 0.05) is 24.2 Å². The molecule has 3 heteroatoms. The maximum absolute atomic E-state index is 6.26. The van der Waals surface area contributed by atoms with Crippen molar-refractivity contribution in [3.05, 3.63) is 34.9 Å². The van der Waals surface area contributed by atoms with E-state index in [9.17, 15) is 0 Å². The molecular formula is C17H27ClN2. The molecule has 2 rings (SSSR count). The highest BCUT2D eigenvalue weighted by Gasteiger charge is 2.32. The van der Waals surface area contributed by atoms with Crippen molar-refractivity contribution in [1.29, 1.82) is 0 Å². The molecule has 0 unspecified atom stereocenters. The topological polar surface area (TPSA) is 15.3 Å². The molecule has 0 atom stereocenters. The molecule has 2 nitrogen and oxygen atoms in total. The molecule has 1 aliphatic carbocycles. The molecular weight excluding hydrogens is 268 g/mol. The summed E-state index contributed by atoms with van der Waals surface area (Å²) < 4.78 is 0.